The van der Waals surface area contributed by atoms with Gasteiger partial charge in [0.2, 0.25) is 11.8 Å². The molecule has 43 heavy (non-hydrogen) atoms. The number of para-hydroxylation sites is 1. The van der Waals surface area contributed by atoms with Gasteiger partial charge in [-0.15, -0.1) is 11.8 Å². The molecule has 0 saturated carbocycles. The van der Waals surface area contributed by atoms with Gasteiger partial charge in [-0.1, -0.05) is 60.1 Å². The number of amides is 4. The second kappa shape index (κ2) is 13.1. The molecule has 1 fully saturated rings. The maximum absolute atomic E-state index is 13.3. The van der Waals surface area contributed by atoms with Crippen molar-refractivity contribution in [3.63, 3.8) is 0 Å². The zero-order chi connectivity index (χ0) is 30.5. The molecule has 0 spiro atoms. The highest BCUT2D eigenvalue weighted by atomic mass is 35.5. The Morgan fingerprint density at radius 2 is 1.56 bits per heavy atom. The summed E-state index contributed by atoms with van der Waals surface area (Å²) in [5, 5.41) is 5.47. The molecular weight excluding hydrogens is 582 g/mol. The Labute approximate surface area is 258 Å². The van der Waals surface area contributed by atoms with E-state index in [-0.39, 0.29) is 23.9 Å². The molecule has 7 nitrogen and oxygen atoms in total. The number of imide groups is 1. The smallest absolute Gasteiger partial charge is 0.272 e. The maximum atomic E-state index is 13.3. The molecule has 9 heteroatoms. The third-order valence-corrected chi connectivity index (χ3v) is 8.28. The van der Waals surface area contributed by atoms with Crippen LogP contribution < -0.4 is 15.5 Å². The number of carbonyl (C=O) groups is 4. The fourth-order valence-electron chi connectivity index (χ4n) is 4.77. The van der Waals surface area contributed by atoms with Gasteiger partial charge in [-0.05, 0) is 85.1 Å². The van der Waals surface area contributed by atoms with E-state index in [2.05, 4.69) is 10.6 Å². The molecule has 0 radical (unpaired) electrons. The Kier molecular flexibility index (Phi) is 9.09. The van der Waals surface area contributed by atoms with E-state index in [1.165, 1.54) is 16.7 Å². The second-order valence-corrected chi connectivity index (χ2v) is 11.7. The summed E-state index contributed by atoms with van der Waals surface area (Å²) in [6.07, 6.45) is 1.66. The van der Waals surface area contributed by atoms with Gasteiger partial charge in [0.15, 0.2) is 0 Å². The molecule has 1 saturated heterocycles. The van der Waals surface area contributed by atoms with Gasteiger partial charge in [0.25, 0.3) is 11.8 Å². The predicted octanol–water partition coefficient (Wildman–Crippen LogP) is 6.79. The number of aryl methyl sites for hydroxylation is 2. The molecule has 1 atom stereocenters. The summed E-state index contributed by atoms with van der Waals surface area (Å²) in [5.41, 5.74) is 3.97. The van der Waals surface area contributed by atoms with Crippen molar-refractivity contribution in [1.82, 2.24) is 5.32 Å². The van der Waals surface area contributed by atoms with Gasteiger partial charge in [0.1, 0.15) is 5.70 Å². The van der Waals surface area contributed by atoms with Crippen LogP contribution in [-0.4, -0.2) is 28.9 Å². The largest absolute Gasteiger partial charge is 0.321 e. The van der Waals surface area contributed by atoms with Gasteiger partial charge in [-0.2, -0.15) is 0 Å². The van der Waals surface area contributed by atoms with Crippen LogP contribution in [-0.2, 0) is 14.4 Å². The molecule has 1 aliphatic heterocycles. The van der Waals surface area contributed by atoms with Crippen LogP contribution in [0.15, 0.2) is 108 Å². The number of nitrogens with one attached hydrogen (secondary N) is 2. The molecule has 5 rings (SSSR count). The number of hydrogen-bond acceptors (Lipinski definition) is 5. The number of hydrogen-bond donors (Lipinski definition) is 2. The molecule has 4 aromatic carbocycles. The zero-order valence-electron chi connectivity index (χ0n) is 23.5. The van der Waals surface area contributed by atoms with Crippen LogP contribution in [0.5, 0.6) is 0 Å². The average molecular weight is 610 g/mol. The van der Waals surface area contributed by atoms with Crippen molar-refractivity contribution in [2.75, 3.05) is 10.2 Å². The van der Waals surface area contributed by atoms with Crippen molar-refractivity contribution in [2.24, 2.45) is 0 Å². The Balaban J connectivity index is 1.29. The molecule has 4 aromatic rings. The number of rotatable bonds is 8. The van der Waals surface area contributed by atoms with Crippen LogP contribution in [0.3, 0.4) is 0 Å². The van der Waals surface area contributed by atoms with Crippen molar-refractivity contribution in [2.45, 2.75) is 30.4 Å². The number of carbonyl (C=O) groups excluding carboxylic acids is 4. The Morgan fingerprint density at radius 1 is 0.884 bits per heavy atom. The van der Waals surface area contributed by atoms with Crippen molar-refractivity contribution >= 4 is 64.4 Å². The minimum atomic E-state index is -0.549. The molecule has 2 N–H and O–H groups in total. The first-order chi connectivity index (χ1) is 20.7. The minimum Gasteiger partial charge on any atom is -0.321 e. The van der Waals surface area contributed by atoms with Crippen molar-refractivity contribution in [3.05, 3.63) is 130 Å². The lowest BCUT2D eigenvalue weighted by atomic mass is 10.1. The summed E-state index contributed by atoms with van der Waals surface area (Å²) in [6, 6.07) is 28.2. The summed E-state index contributed by atoms with van der Waals surface area (Å²) in [5.74, 6) is -1.41. The monoisotopic (exact) mass is 609 g/mol. The quantitative estimate of drug-likeness (QED) is 0.169. The van der Waals surface area contributed by atoms with E-state index in [1.807, 2.05) is 32.0 Å². The Morgan fingerprint density at radius 3 is 2.23 bits per heavy atom. The zero-order valence-corrected chi connectivity index (χ0v) is 25.0. The summed E-state index contributed by atoms with van der Waals surface area (Å²) in [7, 11) is 0. The second-order valence-electron chi connectivity index (χ2n) is 10.0. The van der Waals surface area contributed by atoms with Gasteiger partial charge in [0.05, 0.1) is 10.9 Å². The van der Waals surface area contributed by atoms with E-state index < -0.39 is 17.1 Å². The SMILES string of the molecule is Cc1cccc(C)c1N1C(=O)CC(Sc2ccc(NC(=O)/C(=C/c3cccc(Cl)c3)NC(=O)c3ccccc3)cc2)C1=O. The first-order valence-electron chi connectivity index (χ1n) is 13.5. The molecular formula is C34H28ClN3O4S. The highest BCUT2D eigenvalue weighted by Gasteiger charge is 2.41. The third-order valence-electron chi connectivity index (χ3n) is 6.85. The summed E-state index contributed by atoms with van der Waals surface area (Å²) in [4.78, 5) is 54.4. The fraction of sp³-hybridized carbons (Fsp3) is 0.118. The molecule has 1 heterocycles. The lowest BCUT2D eigenvalue weighted by Crippen LogP contribution is -2.32. The molecule has 1 unspecified atom stereocenters. The first kappa shape index (κ1) is 29.8. The number of nitrogens with zero attached hydrogens (tertiary/aromatic N) is 1. The summed E-state index contributed by atoms with van der Waals surface area (Å²) < 4.78 is 0. The fourth-order valence-corrected chi connectivity index (χ4v) is 6.03. The van der Waals surface area contributed by atoms with Gasteiger partial charge >= 0.3 is 0 Å². The summed E-state index contributed by atoms with van der Waals surface area (Å²) in [6.45, 7) is 3.78. The van der Waals surface area contributed by atoms with Crippen LogP contribution in [0.2, 0.25) is 5.02 Å². The third kappa shape index (κ3) is 7.05. The van der Waals surface area contributed by atoms with Crippen LogP contribution in [0, 0.1) is 13.8 Å². The van der Waals surface area contributed by atoms with E-state index in [4.69, 9.17) is 11.6 Å². The molecule has 0 aliphatic carbocycles. The topological polar surface area (TPSA) is 95.6 Å². The van der Waals surface area contributed by atoms with Crippen molar-refractivity contribution in [1.29, 1.82) is 0 Å². The van der Waals surface area contributed by atoms with Crippen molar-refractivity contribution in [3.8, 4) is 0 Å². The number of thioether (sulfide) groups is 1. The molecule has 4 amide bonds. The first-order valence-corrected chi connectivity index (χ1v) is 14.8. The van der Waals surface area contributed by atoms with E-state index >= 15 is 0 Å². The number of halogens is 1. The maximum Gasteiger partial charge on any atom is 0.272 e. The van der Waals surface area contributed by atoms with E-state index in [0.29, 0.717) is 27.5 Å². The van der Waals surface area contributed by atoms with Gasteiger partial charge < -0.3 is 10.6 Å². The molecule has 0 aromatic heterocycles. The van der Waals surface area contributed by atoms with E-state index in [0.717, 1.165) is 16.0 Å². The van der Waals surface area contributed by atoms with Crippen LogP contribution in [0.1, 0.15) is 33.5 Å². The lowest BCUT2D eigenvalue weighted by molar-refractivity contribution is -0.121. The van der Waals surface area contributed by atoms with Gasteiger partial charge in [-0.3, -0.25) is 19.2 Å². The molecule has 216 valence electrons. The van der Waals surface area contributed by atoms with Gasteiger partial charge in [0, 0.05) is 27.6 Å². The average Bonchev–Trinajstić information content (AvgIpc) is 3.26. The highest BCUT2D eigenvalue weighted by molar-refractivity contribution is 8.00. The normalized spacial score (nSPS) is 15.0. The molecule has 0 bridgehead atoms. The number of benzene rings is 4. The lowest BCUT2D eigenvalue weighted by Gasteiger charge is -2.19. The van der Waals surface area contributed by atoms with Crippen LogP contribution >= 0.6 is 23.4 Å². The van der Waals surface area contributed by atoms with Gasteiger partial charge in [-0.25, -0.2) is 4.90 Å². The van der Waals surface area contributed by atoms with E-state index in [1.54, 1.807) is 84.9 Å². The standard InChI is InChI=1S/C34H28ClN3O4S/c1-21-8-6-9-22(2)31(21)38-30(39)20-29(34(38)42)43-27-16-14-26(15-17-27)36-33(41)28(19-23-10-7-13-25(35)18-23)37-32(40)24-11-4-3-5-12-24/h3-19,29H,20H2,1-2H3,(H,36,41)(H,37,40)/b28-19-. The van der Waals surface area contributed by atoms with Crippen LogP contribution in [0.4, 0.5) is 11.4 Å². The predicted molar refractivity (Wildman–Crippen MR) is 171 cm³/mol. The Bertz CT molecular complexity index is 1720. The molecule has 1 aliphatic rings. The summed E-state index contributed by atoms with van der Waals surface area (Å²) >= 11 is 7.43. The van der Waals surface area contributed by atoms with Crippen molar-refractivity contribution < 1.29 is 19.2 Å². The minimum absolute atomic E-state index is 0.0382. The number of anilines is 2. The Hall–Kier alpha value is -4.66. The van der Waals surface area contributed by atoms with E-state index in [9.17, 15) is 19.2 Å². The van der Waals surface area contributed by atoms with Crippen LogP contribution in [0.25, 0.3) is 6.08 Å². The highest BCUT2D eigenvalue weighted by Crippen LogP contribution is 2.36.